The summed E-state index contributed by atoms with van der Waals surface area (Å²) in [5.74, 6) is 0.547. The van der Waals surface area contributed by atoms with E-state index in [1.807, 2.05) is 36.4 Å². The molecule has 0 saturated carbocycles. The van der Waals surface area contributed by atoms with E-state index in [1.54, 1.807) is 18.2 Å². The summed E-state index contributed by atoms with van der Waals surface area (Å²) >= 11 is 12.1. The number of benzene rings is 3. The van der Waals surface area contributed by atoms with Crippen LogP contribution in [0.1, 0.15) is 16.7 Å². The van der Waals surface area contributed by atoms with Crippen molar-refractivity contribution in [1.29, 1.82) is 0 Å². The van der Waals surface area contributed by atoms with Gasteiger partial charge in [0.05, 0.1) is 0 Å². The first kappa shape index (κ1) is 19.7. The Bertz CT molecular complexity index is 884. The lowest BCUT2D eigenvalue weighted by Gasteiger charge is -2.10. The third-order valence-electron chi connectivity index (χ3n) is 4.13. The molecule has 0 saturated heterocycles. The second-order valence-corrected chi connectivity index (χ2v) is 7.07. The van der Waals surface area contributed by atoms with Gasteiger partial charge in [-0.15, -0.1) is 0 Å². The number of hydrogen-bond donors (Lipinski definition) is 1. The van der Waals surface area contributed by atoms with Crippen molar-refractivity contribution >= 4 is 23.2 Å². The van der Waals surface area contributed by atoms with Crippen LogP contribution >= 0.6 is 23.2 Å². The Labute approximate surface area is 168 Å². The van der Waals surface area contributed by atoms with E-state index in [2.05, 4.69) is 5.32 Å². The quantitative estimate of drug-likeness (QED) is 0.462. The van der Waals surface area contributed by atoms with Gasteiger partial charge in [0.25, 0.3) is 0 Å². The molecule has 0 amide bonds. The molecule has 27 heavy (non-hydrogen) atoms. The van der Waals surface area contributed by atoms with Gasteiger partial charge in [0.2, 0.25) is 0 Å². The second-order valence-electron chi connectivity index (χ2n) is 6.23. The number of rotatable bonds is 8. The third kappa shape index (κ3) is 6.24. The number of ether oxygens (including phenoxy) is 1. The fourth-order valence-corrected chi connectivity index (χ4v) is 3.18. The Morgan fingerprint density at radius 3 is 2.48 bits per heavy atom. The van der Waals surface area contributed by atoms with Crippen LogP contribution in [-0.4, -0.2) is 6.54 Å². The van der Waals surface area contributed by atoms with Gasteiger partial charge >= 0.3 is 0 Å². The van der Waals surface area contributed by atoms with Crippen LogP contribution in [0.15, 0.2) is 66.7 Å². The molecule has 0 spiro atoms. The van der Waals surface area contributed by atoms with E-state index in [-0.39, 0.29) is 5.82 Å². The molecule has 0 aliphatic carbocycles. The van der Waals surface area contributed by atoms with E-state index >= 15 is 0 Å². The van der Waals surface area contributed by atoms with Crippen molar-refractivity contribution in [1.82, 2.24) is 5.32 Å². The first-order valence-electron chi connectivity index (χ1n) is 8.71. The van der Waals surface area contributed by atoms with Crippen molar-refractivity contribution in [2.45, 2.75) is 19.6 Å². The maximum Gasteiger partial charge on any atom is 0.123 e. The van der Waals surface area contributed by atoms with Crippen LogP contribution in [0.3, 0.4) is 0 Å². The average molecular weight is 404 g/mol. The van der Waals surface area contributed by atoms with Crippen LogP contribution in [-0.2, 0) is 19.6 Å². The molecule has 0 radical (unpaired) electrons. The molecule has 0 aliphatic rings. The second kappa shape index (κ2) is 9.75. The lowest BCUT2D eigenvalue weighted by Crippen LogP contribution is -2.16. The number of halogens is 3. The molecule has 1 N–H and O–H groups in total. The minimum absolute atomic E-state index is 0.244. The zero-order chi connectivity index (χ0) is 19.1. The lowest BCUT2D eigenvalue weighted by molar-refractivity contribution is 0.305. The summed E-state index contributed by atoms with van der Waals surface area (Å²) in [7, 11) is 0. The van der Waals surface area contributed by atoms with E-state index in [1.165, 1.54) is 12.1 Å². The highest BCUT2D eigenvalue weighted by molar-refractivity contribution is 6.35. The zero-order valence-electron chi connectivity index (χ0n) is 14.7. The maximum atomic E-state index is 12.9. The predicted octanol–water partition coefficient (Wildman–Crippen LogP) is 6.04. The number of nitrogens with one attached hydrogen (secondary N) is 1. The van der Waals surface area contributed by atoms with Gasteiger partial charge < -0.3 is 10.1 Å². The molecule has 0 unspecified atom stereocenters. The average Bonchev–Trinajstić information content (AvgIpc) is 2.66. The highest BCUT2D eigenvalue weighted by Crippen LogP contribution is 2.21. The fourth-order valence-electron chi connectivity index (χ4n) is 2.67. The summed E-state index contributed by atoms with van der Waals surface area (Å²) in [6.07, 6.45) is 0.830. The van der Waals surface area contributed by atoms with Crippen LogP contribution in [0, 0.1) is 5.82 Å². The van der Waals surface area contributed by atoms with Gasteiger partial charge in [0, 0.05) is 16.6 Å². The van der Waals surface area contributed by atoms with Crippen LogP contribution in [0.5, 0.6) is 5.75 Å². The van der Waals surface area contributed by atoms with Crippen molar-refractivity contribution in [2.75, 3.05) is 6.54 Å². The highest BCUT2D eigenvalue weighted by Gasteiger charge is 2.02. The first-order valence-corrected chi connectivity index (χ1v) is 9.46. The standard InChI is InChI=1S/C22H20Cl2FNO/c23-19-7-6-18(22(24)13-19)10-11-26-14-17-2-1-3-21(12-17)27-15-16-4-8-20(25)9-5-16/h1-9,12-13,26H,10-11,14-15H2. The van der Waals surface area contributed by atoms with Gasteiger partial charge in [-0.05, 0) is 66.1 Å². The molecule has 0 heterocycles. The topological polar surface area (TPSA) is 21.3 Å². The normalized spacial score (nSPS) is 10.8. The zero-order valence-corrected chi connectivity index (χ0v) is 16.2. The summed E-state index contributed by atoms with van der Waals surface area (Å²) in [5, 5.41) is 4.75. The van der Waals surface area contributed by atoms with Gasteiger partial charge in [-0.1, -0.05) is 53.5 Å². The monoisotopic (exact) mass is 403 g/mol. The molecule has 2 nitrogen and oxygen atoms in total. The lowest BCUT2D eigenvalue weighted by atomic mass is 10.1. The summed E-state index contributed by atoms with van der Waals surface area (Å²) in [5.41, 5.74) is 3.14. The molecule has 5 heteroatoms. The predicted molar refractivity (Wildman–Crippen MR) is 109 cm³/mol. The molecule has 140 valence electrons. The van der Waals surface area contributed by atoms with E-state index in [0.29, 0.717) is 16.7 Å². The Hall–Kier alpha value is -2.07. The van der Waals surface area contributed by atoms with Crippen molar-refractivity contribution < 1.29 is 9.13 Å². The molecule has 0 atom stereocenters. The molecule has 0 aliphatic heterocycles. The molecular weight excluding hydrogens is 384 g/mol. The Morgan fingerprint density at radius 2 is 1.70 bits per heavy atom. The van der Waals surface area contributed by atoms with E-state index in [4.69, 9.17) is 27.9 Å². The van der Waals surface area contributed by atoms with Crippen LogP contribution in [0.25, 0.3) is 0 Å². The highest BCUT2D eigenvalue weighted by atomic mass is 35.5. The molecular formula is C22H20Cl2FNO. The maximum absolute atomic E-state index is 12.9. The first-order chi connectivity index (χ1) is 13.1. The third-order valence-corrected chi connectivity index (χ3v) is 4.72. The van der Waals surface area contributed by atoms with E-state index < -0.39 is 0 Å². The fraction of sp³-hybridized carbons (Fsp3) is 0.182. The van der Waals surface area contributed by atoms with Gasteiger partial charge in [0.15, 0.2) is 0 Å². The summed E-state index contributed by atoms with van der Waals surface area (Å²) < 4.78 is 18.7. The SMILES string of the molecule is Fc1ccc(COc2cccc(CNCCc3ccc(Cl)cc3Cl)c2)cc1. The number of hydrogen-bond acceptors (Lipinski definition) is 2. The van der Waals surface area contributed by atoms with Crippen molar-refractivity contribution in [2.24, 2.45) is 0 Å². The summed E-state index contributed by atoms with van der Waals surface area (Å²) in [6, 6.07) is 19.8. The molecule has 0 aromatic heterocycles. The smallest absolute Gasteiger partial charge is 0.123 e. The van der Waals surface area contributed by atoms with Crippen LogP contribution < -0.4 is 10.1 Å². The summed E-state index contributed by atoms with van der Waals surface area (Å²) in [4.78, 5) is 0. The van der Waals surface area contributed by atoms with Crippen molar-refractivity contribution in [3.8, 4) is 5.75 Å². The Kier molecular flexibility index (Phi) is 7.11. The Balaban J connectivity index is 1.46. The van der Waals surface area contributed by atoms with E-state index in [9.17, 15) is 4.39 Å². The van der Waals surface area contributed by atoms with Gasteiger partial charge in [-0.2, -0.15) is 0 Å². The van der Waals surface area contributed by atoms with E-state index in [0.717, 1.165) is 42.0 Å². The van der Waals surface area contributed by atoms with Crippen molar-refractivity contribution in [3.05, 3.63) is 99.3 Å². The minimum atomic E-state index is -0.244. The van der Waals surface area contributed by atoms with Crippen molar-refractivity contribution in [3.63, 3.8) is 0 Å². The summed E-state index contributed by atoms with van der Waals surface area (Å²) in [6.45, 7) is 1.95. The molecule has 3 aromatic carbocycles. The largest absolute Gasteiger partial charge is 0.489 e. The molecule has 0 fully saturated rings. The van der Waals surface area contributed by atoms with Crippen LogP contribution in [0.4, 0.5) is 4.39 Å². The van der Waals surface area contributed by atoms with Gasteiger partial charge in [-0.3, -0.25) is 0 Å². The molecule has 0 bridgehead atoms. The molecule has 3 rings (SSSR count). The molecule has 3 aromatic rings. The van der Waals surface area contributed by atoms with Gasteiger partial charge in [0.1, 0.15) is 18.2 Å². The minimum Gasteiger partial charge on any atom is -0.489 e. The van der Waals surface area contributed by atoms with Gasteiger partial charge in [-0.25, -0.2) is 4.39 Å². The Morgan fingerprint density at radius 1 is 0.889 bits per heavy atom. The van der Waals surface area contributed by atoms with Crippen LogP contribution in [0.2, 0.25) is 10.0 Å².